The van der Waals surface area contributed by atoms with E-state index in [9.17, 15) is 19.5 Å². The van der Waals surface area contributed by atoms with Crippen molar-refractivity contribution in [3.8, 4) is 0 Å². The number of aryl methyl sites for hydroxylation is 1. The number of carbonyl (C=O) groups excluding carboxylic acids is 3. The quantitative estimate of drug-likeness (QED) is 0.130. The Morgan fingerprint density at radius 2 is 1.31 bits per heavy atom. The fourth-order valence-electron chi connectivity index (χ4n) is 5.36. The highest BCUT2D eigenvalue weighted by atomic mass is 16.6. The highest BCUT2D eigenvalue weighted by molar-refractivity contribution is 5.86. The van der Waals surface area contributed by atoms with Crippen molar-refractivity contribution < 1.29 is 29.0 Å². The molecule has 49 heavy (non-hydrogen) atoms. The molecular formula is C38H45N5O6. The molecule has 4 atom stereocenters. The summed E-state index contributed by atoms with van der Waals surface area (Å²) in [5, 5.41) is 20.3. The van der Waals surface area contributed by atoms with Gasteiger partial charge in [0, 0.05) is 42.0 Å². The predicted molar refractivity (Wildman–Crippen MR) is 185 cm³/mol. The molecule has 0 saturated heterocycles. The third-order valence-corrected chi connectivity index (χ3v) is 7.88. The zero-order valence-corrected chi connectivity index (χ0v) is 28.1. The summed E-state index contributed by atoms with van der Waals surface area (Å²) < 4.78 is 10.8. The minimum atomic E-state index is -1.08. The summed E-state index contributed by atoms with van der Waals surface area (Å²) in [7, 11) is 0. The summed E-state index contributed by atoms with van der Waals surface area (Å²) in [6.45, 7) is 5.57. The molecular weight excluding hydrogens is 622 g/mol. The number of nitrogens with one attached hydrogen (secondary N) is 3. The Labute approximate surface area is 287 Å². The highest BCUT2D eigenvalue weighted by Crippen LogP contribution is 2.16. The summed E-state index contributed by atoms with van der Waals surface area (Å²) in [6.07, 6.45) is 4.97. The maximum atomic E-state index is 13.7. The van der Waals surface area contributed by atoms with E-state index in [4.69, 9.17) is 9.47 Å². The van der Waals surface area contributed by atoms with Crippen LogP contribution in [0, 0.1) is 12.8 Å². The number of aromatic nitrogens is 2. The molecule has 11 heteroatoms. The van der Waals surface area contributed by atoms with Crippen molar-refractivity contribution >= 4 is 18.1 Å². The molecule has 0 spiro atoms. The van der Waals surface area contributed by atoms with Crippen LogP contribution in [0.4, 0.5) is 9.59 Å². The van der Waals surface area contributed by atoms with Crippen molar-refractivity contribution in [1.82, 2.24) is 25.9 Å². The standard InChI is InChI=1S/C38H45N5O6/c1-26(2)35(43-38(47)49-25-31-17-27(3)21-40-23-31)36(45)42-33(19-29-13-8-5-9-14-29)34(44)20-32(18-28-11-6-4-7-12-28)41-37(46)48-24-30-15-10-16-39-22-30/h4-17,21-23,26,32-35,44H,18-20,24-25H2,1-3H3,(H,41,46)(H,42,45)(H,43,47)/t32-,33-,34-,35-/m0/s1. The van der Waals surface area contributed by atoms with Crippen molar-refractivity contribution in [2.75, 3.05) is 0 Å². The van der Waals surface area contributed by atoms with Crippen LogP contribution in [-0.2, 0) is 40.3 Å². The first kappa shape index (κ1) is 36.5. The SMILES string of the molecule is Cc1cncc(COC(=O)N[C@H](C(=O)N[C@@H](Cc2ccccc2)[C@@H](O)C[C@H](Cc2ccccc2)NC(=O)OCc2cccnc2)C(C)C)c1. The maximum Gasteiger partial charge on any atom is 0.408 e. The average molecular weight is 668 g/mol. The average Bonchev–Trinajstić information content (AvgIpc) is 3.09. The molecule has 2 aromatic heterocycles. The summed E-state index contributed by atoms with van der Waals surface area (Å²) in [5.74, 6) is -0.752. The van der Waals surface area contributed by atoms with E-state index in [1.165, 1.54) is 0 Å². The summed E-state index contributed by atoms with van der Waals surface area (Å²) in [6, 6.07) is 22.3. The molecule has 4 N–H and O–H groups in total. The number of rotatable bonds is 16. The lowest BCUT2D eigenvalue weighted by Gasteiger charge is -2.30. The predicted octanol–water partition coefficient (Wildman–Crippen LogP) is 5.05. The number of nitrogens with zero attached hydrogens (tertiary/aromatic N) is 2. The third kappa shape index (κ3) is 12.7. The number of aliphatic hydroxyl groups excluding tert-OH is 1. The number of amides is 3. The smallest absolute Gasteiger partial charge is 0.408 e. The number of ether oxygens (including phenoxy) is 2. The minimum absolute atomic E-state index is 0.00275. The van der Waals surface area contributed by atoms with Crippen LogP contribution in [0.1, 0.15) is 48.1 Å². The first-order valence-corrected chi connectivity index (χ1v) is 16.4. The molecule has 0 radical (unpaired) electrons. The Hall–Kier alpha value is -5.29. The van der Waals surface area contributed by atoms with Gasteiger partial charge in [0.05, 0.1) is 12.1 Å². The van der Waals surface area contributed by atoms with E-state index < -0.39 is 42.3 Å². The summed E-state index contributed by atoms with van der Waals surface area (Å²) in [5.41, 5.74) is 4.26. The van der Waals surface area contributed by atoms with E-state index in [-0.39, 0.29) is 25.6 Å². The number of hydrogen-bond acceptors (Lipinski definition) is 8. The summed E-state index contributed by atoms with van der Waals surface area (Å²) >= 11 is 0. The van der Waals surface area contributed by atoms with Gasteiger partial charge in [-0.05, 0) is 60.9 Å². The number of pyridine rings is 2. The van der Waals surface area contributed by atoms with Gasteiger partial charge in [-0.25, -0.2) is 9.59 Å². The molecule has 0 aliphatic carbocycles. The molecule has 2 aromatic carbocycles. The molecule has 4 aromatic rings. The molecule has 2 heterocycles. The van der Waals surface area contributed by atoms with Crippen LogP contribution < -0.4 is 16.0 Å². The monoisotopic (exact) mass is 667 g/mol. The van der Waals surface area contributed by atoms with Crippen LogP contribution in [0.3, 0.4) is 0 Å². The van der Waals surface area contributed by atoms with Crippen molar-refractivity contribution in [1.29, 1.82) is 0 Å². The molecule has 4 rings (SSSR count). The normalized spacial score (nSPS) is 13.4. The number of alkyl carbamates (subject to hydrolysis) is 2. The van der Waals surface area contributed by atoms with Crippen LogP contribution in [-0.4, -0.2) is 57.4 Å². The van der Waals surface area contributed by atoms with Gasteiger partial charge < -0.3 is 30.5 Å². The zero-order chi connectivity index (χ0) is 35.0. The van der Waals surface area contributed by atoms with Gasteiger partial charge in [0.25, 0.3) is 0 Å². The van der Waals surface area contributed by atoms with Crippen LogP contribution >= 0.6 is 0 Å². The second-order valence-corrected chi connectivity index (χ2v) is 12.4. The van der Waals surface area contributed by atoms with Crippen LogP contribution in [0.2, 0.25) is 0 Å². The van der Waals surface area contributed by atoms with Gasteiger partial charge in [0.15, 0.2) is 0 Å². The molecule has 3 amide bonds. The minimum Gasteiger partial charge on any atom is -0.445 e. The van der Waals surface area contributed by atoms with Crippen LogP contribution in [0.25, 0.3) is 0 Å². The van der Waals surface area contributed by atoms with Gasteiger partial charge in [0.1, 0.15) is 19.3 Å². The van der Waals surface area contributed by atoms with Gasteiger partial charge in [-0.15, -0.1) is 0 Å². The third-order valence-electron chi connectivity index (χ3n) is 7.88. The lowest BCUT2D eigenvalue weighted by Crippen LogP contribution is -2.56. The second-order valence-electron chi connectivity index (χ2n) is 12.4. The molecule has 11 nitrogen and oxygen atoms in total. The fourth-order valence-corrected chi connectivity index (χ4v) is 5.36. The molecule has 0 aliphatic rings. The first-order valence-electron chi connectivity index (χ1n) is 16.4. The lowest BCUT2D eigenvalue weighted by atomic mass is 9.93. The number of benzene rings is 2. The highest BCUT2D eigenvalue weighted by Gasteiger charge is 2.31. The number of carbonyl (C=O) groups is 3. The van der Waals surface area contributed by atoms with E-state index >= 15 is 0 Å². The van der Waals surface area contributed by atoms with Crippen molar-refractivity contribution in [2.24, 2.45) is 5.92 Å². The first-order chi connectivity index (χ1) is 23.7. The van der Waals surface area contributed by atoms with Crippen molar-refractivity contribution in [3.63, 3.8) is 0 Å². The Morgan fingerprint density at radius 3 is 1.92 bits per heavy atom. The van der Waals surface area contributed by atoms with Gasteiger partial charge in [-0.3, -0.25) is 14.8 Å². The lowest BCUT2D eigenvalue weighted by molar-refractivity contribution is -0.125. The van der Waals surface area contributed by atoms with E-state index in [1.807, 2.05) is 93.6 Å². The van der Waals surface area contributed by atoms with Crippen molar-refractivity contribution in [3.05, 3.63) is 131 Å². The van der Waals surface area contributed by atoms with E-state index in [0.29, 0.717) is 12.8 Å². The number of hydrogen-bond donors (Lipinski definition) is 4. The Kier molecular flexibility index (Phi) is 14.1. The van der Waals surface area contributed by atoms with E-state index in [0.717, 1.165) is 27.8 Å². The maximum absolute atomic E-state index is 13.7. The van der Waals surface area contributed by atoms with Gasteiger partial charge in [-0.1, -0.05) is 80.6 Å². The summed E-state index contributed by atoms with van der Waals surface area (Å²) in [4.78, 5) is 47.5. The van der Waals surface area contributed by atoms with Crippen LogP contribution in [0.15, 0.2) is 104 Å². The van der Waals surface area contributed by atoms with Gasteiger partial charge in [-0.2, -0.15) is 0 Å². The number of aliphatic hydroxyl groups is 1. The topological polar surface area (TPSA) is 152 Å². The largest absolute Gasteiger partial charge is 0.445 e. The molecule has 0 bridgehead atoms. The van der Waals surface area contributed by atoms with E-state index in [2.05, 4.69) is 25.9 Å². The molecule has 0 aliphatic heterocycles. The Balaban J connectivity index is 1.46. The van der Waals surface area contributed by atoms with Gasteiger partial charge >= 0.3 is 12.2 Å². The second kappa shape index (κ2) is 18.9. The molecule has 258 valence electrons. The van der Waals surface area contributed by atoms with Crippen LogP contribution in [0.5, 0.6) is 0 Å². The molecule has 0 saturated carbocycles. The van der Waals surface area contributed by atoms with E-state index in [1.54, 1.807) is 30.9 Å². The zero-order valence-electron chi connectivity index (χ0n) is 28.1. The van der Waals surface area contributed by atoms with Crippen molar-refractivity contribution in [2.45, 2.75) is 77.5 Å². The fraction of sp³-hybridized carbons (Fsp3) is 0.342. The van der Waals surface area contributed by atoms with Gasteiger partial charge in [0.2, 0.25) is 5.91 Å². The Morgan fingerprint density at radius 1 is 0.714 bits per heavy atom. The molecule has 0 unspecified atom stereocenters. The molecule has 0 fully saturated rings. The Bertz CT molecular complexity index is 1610.